The molecule has 0 aliphatic heterocycles. The second kappa shape index (κ2) is 5.21. The number of nitrogens with zero attached hydrogens (tertiary/aromatic N) is 2. The lowest BCUT2D eigenvalue weighted by atomic mass is 10.3. The summed E-state index contributed by atoms with van der Waals surface area (Å²) in [6.07, 6.45) is 0. The lowest BCUT2D eigenvalue weighted by molar-refractivity contribution is 0.599. The van der Waals surface area contributed by atoms with Gasteiger partial charge >= 0.3 is 0 Å². The zero-order valence-corrected chi connectivity index (χ0v) is 12.6. The zero-order valence-electron chi connectivity index (χ0n) is 10.2. The molecule has 0 atom stereocenters. The van der Waals surface area contributed by atoms with E-state index in [-0.39, 0.29) is 15.6 Å². The van der Waals surface area contributed by atoms with E-state index in [0.717, 1.165) is 23.9 Å². The summed E-state index contributed by atoms with van der Waals surface area (Å²) in [6, 6.07) is 7.67. The molecule has 0 saturated carbocycles. The first-order valence-electron chi connectivity index (χ1n) is 5.66. The Balaban J connectivity index is 2.07. The summed E-state index contributed by atoms with van der Waals surface area (Å²) in [4.78, 5) is -0.0693. The van der Waals surface area contributed by atoms with Crippen LogP contribution in [0.5, 0.6) is 0 Å². The van der Waals surface area contributed by atoms with Crippen LogP contribution >= 0.6 is 23.3 Å². The Morgan fingerprint density at radius 2 is 1.81 bits per heavy atom. The predicted molar refractivity (Wildman–Crippen MR) is 79.6 cm³/mol. The Morgan fingerprint density at radius 3 is 2.52 bits per heavy atom. The molecule has 108 valence electrons. The lowest BCUT2D eigenvalue weighted by Gasteiger charge is -2.09. The van der Waals surface area contributed by atoms with Crippen LogP contribution in [0.25, 0.3) is 11.0 Å². The molecule has 0 aliphatic rings. The van der Waals surface area contributed by atoms with E-state index < -0.39 is 15.8 Å². The number of nitrogens with one attached hydrogen (secondary N) is 1. The van der Waals surface area contributed by atoms with E-state index in [4.69, 9.17) is 11.6 Å². The number of sulfonamides is 1. The quantitative estimate of drug-likeness (QED) is 0.792. The van der Waals surface area contributed by atoms with Crippen LogP contribution in [0.4, 0.5) is 10.1 Å². The smallest absolute Gasteiger partial charge is 0.262 e. The van der Waals surface area contributed by atoms with Gasteiger partial charge in [0.05, 0.1) is 27.3 Å². The minimum atomic E-state index is -3.89. The van der Waals surface area contributed by atoms with Gasteiger partial charge in [0, 0.05) is 0 Å². The SMILES string of the molecule is O=S(=O)(Nc1c(Cl)ccc2nsnc12)c1ccc(F)cc1. The molecule has 0 fully saturated rings. The largest absolute Gasteiger partial charge is 0.276 e. The van der Waals surface area contributed by atoms with Gasteiger partial charge in [-0.05, 0) is 36.4 Å². The van der Waals surface area contributed by atoms with E-state index in [0.29, 0.717) is 11.0 Å². The summed E-state index contributed by atoms with van der Waals surface area (Å²) < 4.78 is 47.9. The van der Waals surface area contributed by atoms with Gasteiger partial charge in [-0.3, -0.25) is 4.72 Å². The molecular formula is C12H7ClFN3O2S2. The van der Waals surface area contributed by atoms with Gasteiger partial charge in [-0.2, -0.15) is 8.75 Å². The molecule has 3 aromatic rings. The van der Waals surface area contributed by atoms with Crippen molar-refractivity contribution in [2.45, 2.75) is 4.90 Å². The summed E-state index contributed by atoms with van der Waals surface area (Å²) in [5.74, 6) is -0.516. The Morgan fingerprint density at radius 1 is 1.10 bits per heavy atom. The summed E-state index contributed by atoms with van der Waals surface area (Å²) in [5.41, 5.74) is 1.08. The van der Waals surface area contributed by atoms with Crippen LogP contribution in [-0.2, 0) is 10.0 Å². The van der Waals surface area contributed by atoms with E-state index in [2.05, 4.69) is 13.5 Å². The lowest BCUT2D eigenvalue weighted by Crippen LogP contribution is -2.13. The predicted octanol–water partition coefficient (Wildman–Crippen LogP) is 3.28. The molecule has 0 saturated heterocycles. The second-order valence-corrected chi connectivity index (χ2v) is 6.73. The molecule has 1 N–H and O–H groups in total. The molecule has 1 heterocycles. The number of aromatic nitrogens is 2. The fourth-order valence-electron chi connectivity index (χ4n) is 1.73. The van der Waals surface area contributed by atoms with Gasteiger partial charge in [-0.25, -0.2) is 12.8 Å². The number of hydrogen-bond donors (Lipinski definition) is 1. The first-order chi connectivity index (χ1) is 9.97. The molecule has 5 nitrogen and oxygen atoms in total. The maximum absolute atomic E-state index is 12.9. The molecule has 0 amide bonds. The standard InChI is InChI=1S/C12H7ClFN3O2S2/c13-9-5-6-10-12(16-20-15-10)11(9)17-21(18,19)8-3-1-7(14)2-4-8/h1-6,17H. The van der Waals surface area contributed by atoms with Crippen LogP contribution in [0.2, 0.25) is 5.02 Å². The van der Waals surface area contributed by atoms with Crippen molar-refractivity contribution in [1.82, 2.24) is 8.75 Å². The normalized spacial score (nSPS) is 11.7. The van der Waals surface area contributed by atoms with Gasteiger partial charge in [-0.15, -0.1) is 0 Å². The van der Waals surface area contributed by atoms with Crippen LogP contribution in [0, 0.1) is 5.82 Å². The van der Waals surface area contributed by atoms with Crippen molar-refractivity contribution in [1.29, 1.82) is 0 Å². The maximum Gasteiger partial charge on any atom is 0.262 e. The summed E-state index contributed by atoms with van der Waals surface area (Å²) in [5, 5.41) is 0.209. The highest BCUT2D eigenvalue weighted by molar-refractivity contribution is 7.92. The molecule has 9 heteroatoms. The Bertz CT molecular complexity index is 910. The zero-order chi connectivity index (χ0) is 15.0. The molecular weight excluding hydrogens is 337 g/mol. The Labute approximate surface area is 128 Å². The monoisotopic (exact) mass is 343 g/mol. The van der Waals surface area contributed by atoms with Crippen molar-refractivity contribution in [3.63, 3.8) is 0 Å². The molecule has 3 rings (SSSR count). The van der Waals surface area contributed by atoms with Crippen molar-refractivity contribution in [3.8, 4) is 0 Å². The molecule has 0 radical (unpaired) electrons. The molecule has 0 spiro atoms. The van der Waals surface area contributed by atoms with Gasteiger partial charge in [0.15, 0.2) is 0 Å². The highest BCUT2D eigenvalue weighted by atomic mass is 35.5. The van der Waals surface area contributed by atoms with Gasteiger partial charge in [-0.1, -0.05) is 11.6 Å². The minimum Gasteiger partial charge on any atom is -0.276 e. The highest BCUT2D eigenvalue weighted by Gasteiger charge is 2.19. The molecule has 0 unspecified atom stereocenters. The molecule has 21 heavy (non-hydrogen) atoms. The maximum atomic E-state index is 12.9. The van der Waals surface area contributed by atoms with Crippen molar-refractivity contribution in [3.05, 3.63) is 47.2 Å². The molecule has 0 bridgehead atoms. The second-order valence-electron chi connectivity index (χ2n) is 4.11. The van der Waals surface area contributed by atoms with Crippen LogP contribution in [0.15, 0.2) is 41.3 Å². The molecule has 1 aromatic heterocycles. The van der Waals surface area contributed by atoms with Gasteiger partial charge in [0.25, 0.3) is 10.0 Å². The van der Waals surface area contributed by atoms with Crippen molar-refractivity contribution in [2.24, 2.45) is 0 Å². The van der Waals surface area contributed by atoms with Crippen LogP contribution in [0.3, 0.4) is 0 Å². The van der Waals surface area contributed by atoms with Gasteiger partial charge in [0.1, 0.15) is 16.9 Å². The third-order valence-electron chi connectivity index (χ3n) is 2.74. The third kappa shape index (κ3) is 2.69. The van der Waals surface area contributed by atoms with Gasteiger partial charge < -0.3 is 0 Å². The third-order valence-corrected chi connectivity index (χ3v) is 4.96. The number of hydrogen-bond acceptors (Lipinski definition) is 5. The van der Waals surface area contributed by atoms with Crippen LogP contribution in [-0.4, -0.2) is 17.2 Å². The Hall–Kier alpha value is -1.77. The van der Waals surface area contributed by atoms with E-state index >= 15 is 0 Å². The first-order valence-corrected chi connectivity index (χ1v) is 8.26. The summed E-state index contributed by atoms with van der Waals surface area (Å²) in [7, 11) is -3.89. The van der Waals surface area contributed by atoms with Crippen molar-refractivity contribution < 1.29 is 12.8 Å². The summed E-state index contributed by atoms with van der Waals surface area (Å²) >= 11 is 6.99. The number of anilines is 1. The average molecular weight is 344 g/mol. The fourth-order valence-corrected chi connectivity index (χ4v) is 3.62. The first kappa shape index (κ1) is 14.2. The van der Waals surface area contributed by atoms with Crippen LogP contribution < -0.4 is 4.72 Å². The Kier molecular flexibility index (Phi) is 3.52. The molecule has 0 aliphatic carbocycles. The van der Waals surface area contributed by atoms with E-state index in [9.17, 15) is 12.8 Å². The average Bonchev–Trinajstić information content (AvgIpc) is 2.91. The number of benzene rings is 2. The molecule has 2 aromatic carbocycles. The highest BCUT2D eigenvalue weighted by Crippen LogP contribution is 2.31. The topological polar surface area (TPSA) is 72.0 Å². The fraction of sp³-hybridized carbons (Fsp3) is 0. The number of fused-ring (bicyclic) bond motifs is 1. The summed E-state index contributed by atoms with van der Waals surface area (Å²) in [6.45, 7) is 0. The number of rotatable bonds is 3. The van der Waals surface area contributed by atoms with Gasteiger partial charge in [0.2, 0.25) is 0 Å². The van der Waals surface area contributed by atoms with E-state index in [1.54, 1.807) is 6.07 Å². The van der Waals surface area contributed by atoms with Crippen LogP contribution in [0.1, 0.15) is 0 Å². The number of halogens is 2. The minimum absolute atomic E-state index is 0.0693. The van der Waals surface area contributed by atoms with E-state index in [1.807, 2.05) is 0 Å². The van der Waals surface area contributed by atoms with Crippen molar-refractivity contribution >= 4 is 50.1 Å². The van der Waals surface area contributed by atoms with E-state index in [1.165, 1.54) is 18.2 Å². The van der Waals surface area contributed by atoms with Crippen molar-refractivity contribution in [2.75, 3.05) is 4.72 Å².